The zero-order valence-electron chi connectivity index (χ0n) is 12.4. The van der Waals surface area contributed by atoms with Crippen molar-refractivity contribution in [3.63, 3.8) is 0 Å². The monoisotopic (exact) mass is 288 g/mol. The molecule has 112 valence electrons. The molecular weight excluding hydrogens is 268 g/mol. The Morgan fingerprint density at radius 3 is 2.67 bits per heavy atom. The van der Waals surface area contributed by atoms with E-state index in [0.717, 1.165) is 25.7 Å². The molecule has 1 aliphatic carbocycles. The maximum Gasteiger partial charge on any atom is 0.293 e. The van der Waals surface area contributed by atoms with Crippen molar-refractivity contribution in [2.75, 3.05) is 6.61 Å². The van der Waals surface area contributed by atoms with E-state index in [1.807, 2.05) is 6.92 Å². The maximum atomic E-state index is 9.83. The van der Waals surface area contributed by atoms with Crippen molar-refractivity contribution in [3.8, 4) is 12.1 Å². The number of unbranched alkanes of at least 4 members (excludes halogenated alkanes) is 2. The smallest absolute Gasteiger partial charge is 0.293 e. The molecule has 0 bridgehead atoms. The summed E-state index contributed by atoms with van der Waals surface area (Å²) in [7, 11) is 0. The molecule has 1 saturated heterocycles. The molecule has 1 spiro atoms. The maximum absolute atomic E-state index is 9.83. The van der Waals surface area contributed by atoms with Crippen LogP contribution in [0.4, 0.5) is 0 Å². The molecule has 5 atom stereocenters. The largest absolute Gasteiger partial charge is 0.386 e. The summed E-state index contributed by atoms with van der Waals surface area (Å²) < 4.78 is 11.6. The Morgan fingerprint density at radius 2 is 2.14 bits per heavy atom. The van der Waals surface area contributed by atoms with Gasteiger partial charge < -0.3 is 15.2 Å². The standard InChI is InChI=1S/C15H20N4O2/c1-3-4-5-6-11-13(8-16)12(18)19-15(14(11,13)9-17)20-7-10(2)21-15/h10-11H,3-7H2,1-2H3,(H2,18,19)/t10-,11+,13+,14+,15+/m0/s1. The first-order valence-electron chi connectivity index (χ1n) is 7.54. The number of nitrogens with zero attached hydrogens (tertiary/aromatic N) is 3. The molecule has 2 N–H and O–H groups in total. The Labute approximate surface area is 124 Å². The van der Waals surface area contributed by atoms with Crippen LogP contribution in [0.5, 0.6) is 0 Å². The predicted molar refractivity (Wildman–Crippen MR) is 74.6 cm³/mol. The van der Waals surface area contributed by atoms with Crippen molar-refractivity contribution >= 4 is 5.84 Å². The lowest BCUT2D eigenvalue weighted by Crippen LogP contribution is -2.39. The Morgan fingerprint density at radius 1 is 1.38 bits per heavy atom. The van der Waals surface area contributed by atoms with Crippen LogP contribution in [0.3, 0.4) is 0 Å². The van der Waals surface area contributed by atoms with Gasteiger partial charge in [0.2, 0.25) is 0 Å². The average Bonchev–Trinajstić information content (AvgIpc) is 2.79. The van der Waals surface area contributed by atoms with Gasteiger partial charge in [0.1, 0.15) is 11.3 Å². The Bertz CT molecular complexity index is 577. The normalized spacial score (nSPS) is 46.8. The van der Waals surface area contributed by atoms with Gasteiger partial charge in [0, 0.05) is 5.92 Å². The number of rotatable bonds is 4. The highest BCUT2D eigenvalue weighted by Crippen LogP contribution is 2.79. The third-order valence-corrected chi connectivity index (χ3v) is 5.08. The molecule has 0 amide bonds. The molecule has 0 aromatic carbocycles. The molecule has 3 aliphatic rings. The minimum absolute atomic E-state index is 0.154. The van der Waals surface area contributed by atoms with Crippen molar-refractivity contribution in [1.29, 1.82) is 10.5 Å². The number of aliphatic imine (C=N–C) groups is 1. The van der Waals surface area contributed by atoms with Crippen molar-refractivity contribution in [2.24, 2.45) is 27.5 Å². The molecule has 0 radical (unpaired) electrons. The summed E-state index contributed by atoms with van der Waals surface area (Å²) in [6.07, 6.45) is 3.74. The molecule has 0 unspecified atom stereocenters. The van der Waals surface area contributed by atoms with Gasteiger partial charge in [0.15, 0.2) is 5.41 Å². The highest BCUT2D eigenvalue weighted by Gasteiger charge is 2.93. The second-order valence-corrected chi connectivity index (χ2v) is 6.21. The number of nitrogens with two attached hydrogens (primary N) is 1. The summed E-state index contributed by atoms with van der Waals surface area (Å²) in [4.78, 5) is 4.27. The zero-order valence-corrected chi connectivity index (χ0v) is 12.4. The number of fused-ring (bicyclic) bond motifs is 2. The lowest BCUT2D eigenvalue weighted by Gasteiger charge is -2.26. The highest BCUT2D eigenvalue weighted by atomic mass is 16.8. The highest BCUT2D eigenvalue weighted by molar-refractivity contribution is 5.98. The summed E-state index contributed by atoms with van der Waals surface area (Å²) in [5, 5.41) is 19.5. The molecule has 2 fully saturated rings. The molecule has 6 nitrogen and oxygen atoms in total. The fourth-order valence-electron chi connectivity index (χ4n) is 4.06. The van der Waals surface area contributed by atoms with Crippen LogP contribution in [0.15, 0.2) is 4.99 Å². The minimum atomic E-state index is -1.38. The first kappa shape index (κ1) is 14.3. The molecule has 1 saturated carbocycles. The third kappa shape index (κ3) is 1.40. The van der Waals surface area contributed by atoms with Crippen molar-refractivity contribution < 1.29 is 9.47 Å². The van der Waals surface area contributed by atoms with E-state index in [1.165, 1.54) is 0 Å². The first-order chi connectivity index (χ1) is 10.0. The molecule has 21 heavy (non-hydrogen) atoms. The molecule has 0 aromatic rings. The van der Waals surface area contributed by atoms with Gasteiger partial charge in [-0.15, -0.1) is 0 Å². The van der Waals surface area contributed by atoms with E-state index in [4.69, 9.17) is 15.2 Å². The van der Waals surface area contributed by atoms with Gasteiger partial charge >= 0.3 is 0 Å². The van der Waals surface area contributed by atoms with Crippen molar-refractivity contribution in [3.05, 3.63) is 0 Å². The van der Waals surface area contributed by atoms with Gasteiger partial charge in [-0.1, -0.05) is 26.2 Å². The second-order valence-electron chi connectivity index (χ2n) is 6.21. The summed E-state index contributed by atoms with van der Waals surface area (Å²) >= 11 is 0. The fraction of sp³-hybridized carbons (Fsp3) is 0.800. The summed E-state index contributed by atoms with van der Waals surface area (Å²) in [6, 6.07) is 4.56. The van der Waals surface area contributed by atoms with Crippen LogP contribution in [0.1, 0.15) is 39.5 Å². The number of amidine groups is 1. The van der Waals surface area contributed by atoms with E-state index < -0.39 is 16.7 Å². The predicted octanol–water partition coefficient (Wildman–Crippen LogP) is 1.68. The molecule has 2 heterocycles. The SMILES string of the molecule is CCCCC[C@H]1[C@@]2(C#N)[C@@]3(N=C(N)[C@@]12C#N)OC[C@H](C)O3. The second kappa shape index (κ2) is 4.43. The number of nitriles is 2. The van der Waals surface area contributed by atoms with E-state index in [1.54, 1.807) is 0 Å². The number of ether oxygens (including phenoxy) is 2. The van der Waals surface area contributed by atoms with E-state index in [-0.39, 0.29) is 17.9 Å². The number of hydrogen-bond donors (Lipinski definition) is 1. The number of hydrogen-bond acceptors (Lipinski definition) is 6. The summed E-state index contributed by atoms with van der Waals surface area (Å²) in [5.41, 5.74) is 3.91. The van der Waals surface area contributed by atoms with E-state index >= 15 is 0 Å². The van der Waals surface area contributed by atoms with Crippen LogP contribution in [0, 0.1) is 39.4 Å². The molecule has 0 aromatic heterocycles. The van der Waals surface area contributed by atoms with E-state index in [0.29, 0.717) is 6.61 Å². The Balaban J connectivity index is 1.98. The quantitative estimate of drug-likeness (QED) is 0.792. The zero-order chi connectivity index (χ0) is 15.3. The average molecular weight is 288 g/mol. The first-order valence-corrected chi connectivity index (χ1v) is 7.54. The third-order valence-electron chi connectivity index (χ3n) is 5.08. The van der Waals surface area contributed by atoms with Gasteiger partial charge in [0.05, 0.1) is 24.8 Å². The van der Waals surface area contributed by atoms with Gasteiger partial charge in [-0.25, -0.2) is 4.99 Å². The van der Waals surface area contributed by atoms with Crippen LogP contribution in [-0.2, 0) is 9.47 Å². The van der Waals surface area contributed by atoms with Crippen molar-refractivity contribution in [1.82, 2.24) is 0 Å². The Kier molecular flexibility index (Phi) is 3.02. The van der Waals surface area contributed by atoms with Gasteiger partial charge in [-0.3, -0.25) is 0 Å². The summed E-state index contributed by atoms with van der Waals surface area (Å²) in [5.74, 6) is -1.34. The lowest BCUT2D eigenvalue weighted by molar-refractivity contribution is -0.195. The van der Waals surface area contributed by atoms with Crippen molar-refractivity contribution in [2.45, 2.75) is 51.5 Å². The van der Waals surface area contributed by atoms with E-state index in [2.05, 4.69) is 24.1 Å². The lowest BCUT2D eigenvalue weighted by atomic mass is 9.94. The van der Waals surface area contributed by atoms with Crippen LogP contribution in [0.25, 0.3) is 0 Å². The summed E-state index contributed by atoms with van der Waals surface area (Å²) in [6.45, 7) is 4.35. The molecule has 3 rings (SSSR count). The van der Waals surface area contributed by atoms with Crippen LogP contribution in [0.2, 0.25) is 0 Å². The molecule has 2 aliphatic heterocycles. The topological polar surface area (TPSA) is 104 Å². The molecule has 6 heteroatoms. The Hall–Kier alpha value is -1.63. The minimum Gasteiger partial charge on any atom is -0.386 e. The van der Waals surface area contributed by atoms with Crippen LogP contribution >= 0.6 is 0 Å². The van der Waals surface area contributed by atoms with Gasteiger partial charge in [0.25, 0.3) is 5.91 Å². The van der Waals surface area contributed by atoms with E-state index in [9.17, 15) is 10.5 Å². The van der Waals surface area contributed by atoms with Crippen LogP contribution in [-0.4, -0.2) is 24.5 Å². The fourth-order valence-corrected chi connectivity index (χ4v) is 4.06. The van der Waals surface area contributed by atoms with Gasteiger partial charge in [-0.05, 0) is 13.3 Å². The van der Waals surface area contributed by atoms with Gasteiger partial charge in [-0.2, -0.15) is 10.5 Å². The molecular formula is C15H20N4O2. The van der Waals surface area contributed by atoms with Crippen LogP contribution < -0.4 is 5.73 Å².